The minimum Gasteiger partial charge on any atom is -0.393 e. The third kappa shape index (κ3) is 4.06. The molecule has 0 aliphatic heterocycles. The van der Waals surface area contributed by atoms with E-state index in [2.05, 4.69) is 12.2 Å². The van der Waals surface area contributed by atoms with Gasteiger partial charge in [0.15, 0.2) is 0 Å². The predicted octanol–water partition coefficient (Wildman–Crippen LogP) is 2.71. The molecule has 0 amide bonds. The van der Waals surface area contributed by atoms with E-state index < -0.39 is 0 Å². The van der Waals surface area contributed by atoms with Gasteiger partial charge in [0.25, 0.3) is 0 Å². The van der Waals surface area contributed by atoms with E-state index in [4.69, 9.17) is 0 Å². The lowest BCUT2D eigenvalue weighted by Crippen LogP contribution is -2.28. The molecule has 2 aliphatic rings. The minimum absolute atomic E-state index is 0.00360. The van der Waals surface area contributed by atoms with Crippen molar-refractivity contribution >= 4 is 0 Å². The summed E-state index contributed by atoms with van der Waals surface area (Å²) in [6.07, 6.45) is 10.3. The molecule has 2 saturated carbocycles. The zero-order valence-electron chi connectivity index (χ0n) is 10.6. The van der Waals surface area contributed by atoms with Gasteiger partial charge >= 0.3 is 0 Å². The Balaban J connectivity index is 1.47. The van der Waals surface area contributed by atoms with Crippen LogP contribution in [0.3, 0.4) is 0 Å². The molecule has 0 bridgehead atoms. The molecule has 0 aromatic heterocycles. The van der Waals surface area contributed by atoms with Gasteiger partial charge in [0.1, 0.15) is 0 Å². The molecule has 0 spiro atoms. The lowest BCUT2D eigenvalue weighted by atomic mass is 9.99. The van der Waals surface area contributed by atoms with Crippen molar-refractivity contribution in [3.05, 3.63) is 0 Å². The van der Waals surface area contributed by atoms with Crippen molar-refractivity contribution < 1.29 is 5.11 Å². The Labute approximate surface area is 99.8 Å². The van der Waals surface area contributed by atoms with Crippen LogP contribution in [0.2, 0.25) is 0 Å². The van der Waals surface area contributed by atoms with Crippen molar-refractivity contribution in [2.24, 2.45) is 11.8 Å². The molecule has 2 heteroatoms. The summed E-state index contributed by atoms with van der Waals surface area (Å²) in [5.74, 6) is 1.62. The van der Waals surface area contributed by atoms with Crippen LogP contribution >= 0.6 is 0 Å². The van der Waals surface area contributed by atoms with Crippen LogP contribution in [0.5, 0.6) is 0 Å². The number of aliphatic hydroxyl groups is 1. The standard InChI is InChI=1S/C14H27NO/c1-11(10-12-7-8-12)15-9-3-5-13-4-2-6-14(13)16/h11-16H,2-10H2,1H3. The van der Waals surface area contributed by atoms with E-state index in [0.29, 0.717) is 12.0 Å². The lowest BCUT2D eigenvalue weighted by Gasteiger charge is -2.16. The van der Waals surface area contributed by atoms with Gasteiger partial charge in [-0.1, -0.05) is 19.3 Å². The smallest absolute Gasteiger partial charge is 0.0568 e. The van der Waals surface area contributed by atoms with Crippen LogP contribution in [0.4, 0.5) is 0 Å². The predicted molar refractivity (Wildman–Crippen MR) is 67.4 cm³/mol. The SMILES string of the molecule is CC(CC1CC1)NCCCC1CCCC1O. The molecule has 2 aliphatic carbocycles. The second-order valence-electron chi connectivity index (χ2n) is 5.93. The zero-order valence-corrected chi connectivity index (χ0v) is 10.6. The maximum Gasteiger partial charge on any atom is 0.0568 e. The van der Waals surface area contributed by atoms with Crippen molar-refractivity contribution in [2.75, 3.05) is 6.54 Å². The molecule has 0 aromatic carbocycles. The Kier molecular flexibility index (Phi) is 4.66. The second kappa shape index (κ2) is 6.02. The molecule has 2 fully saturated rings. The summed E-state index contributed by atoms with van der Waals surface area (Å²) in [7, 11) is 0. The quantitative estimate of drug-likeness (QED) is 0.653. The molecule has 0 heterocycles. The first kappa shape index (κ1) is 12.4. The number of aliphatic hydroxyl groups excluding tert-OH is 1. The number of nitrogens with one attached hydrogen (secondary N) is 1. The van der Waals surface area contributed by atoms with Crippen LogP contribution in [0.25, 0.3) is 0 Å². The fourth-order valence-corrected chi connectivity index (χ4v) is 3.00. The molecule has 3 atom stereocenters. The number of hydrogen-bond acceptors (Lipinski definition) is 2. The van der Waals surface area contributed by atoms with Gasteiger partial charge in [-0.2, -0.15) is 0 Å². The summed E-state index contributed by atoms with van der Waals surface area (Å²) in [5, 5.41) is 13.3. The van der Waals surface area contributed by atoms with Crippen molar-refractivity contribution in [1.82, 2.24) is 5.32 Å². The van der Waals surface area contributed by atoms with Crippen molar-refractivity contribution in [2.45, 2.75) is 70.4 Å². The molecule has 0 radical (unpaired) electrons. The van der Waals surface area contributed by atoms with E-state index >= 15 is 0 Å². The van der Waals surface area contributed by atoms with Gasteiger partial charge in [-0.05, 0) is 57.4 Å². The normalized spacial score (nSPS) is 31.9. The monoisotopic (exact) mass is 225 g/mol. The van der Waals surface area contributed by atoms with E-state index in [1.54, 1.807) is 0 Å². The van der Waals surface area contributed by atoms with E-state index in [9.17, 15) is 5.11 Å². The maximum atomic E-state index is 9.70. The van der Waals surface area contributed by atoms with Gasteiger partial charge in [-0.3, -0.25) is 0 Å². The van der Waals surface area contributed by atoms with Crippen LogP contribution in [0.15, 0.2) is 0 Å². The summed E-state index contributed by atoms with van der Waals surface area (Å²) in [6, 6.07) is 0.695. The highest BCUT2D eigenvalue weighted by atomic mass is 16.3. The summed E-state index contributed by atoms with van der Waals surface area (Å²) >= 11 is 0. The third-order valence-corrected chi connectivity index (χ3v) is 4.25. The molecule has 94 valence electrons. The van der Waals surface area contributed by atoms with Crippen molar-refractivity contribution in [1.29, 1.82) is 0 Å². The van der Waals surface area contributed by atoms with E-state index in [0.717, 1.165) is 18.9 Å². The van der Waals surface area contributed by atoms with Gasteiger partial charge < -0.3 is 10.4 Å². The highest BCUT2D eigenvalue weighted by Gasteiger charge is 2.25. The van der Waals surface area contributed by atoms with E-state index in [1.807, 2.05) is 0 Å². The van der Waals surface area contributed by atoms with Crippen LogP contribution in [-0.4, -0.2) is 23.8 Å². The Morgan fingerprint density at radius 2 is 2.06 bits per heavy atom. The third-order valence-electron chi connectivity index (χ3n) is 4.25. The number of hydrogen-bond donors (Lipinski definition) is 2. The highest BCUT2D eigenvalue weighted by Crippen LogP contribution is 2.33. The number of rotatable bonds is 7. The maximum absolute atomic E-state index is 9.70. The van der Waals surface area contributed by atoms with Gasteiger partial charge in [0, 0.05) is 6.04 Å². The van der Waals surface area contributed by atoms with Crippen LogP contribution in [-0.2, 0) is 0 Å². The van der Waals surface area contributed by atoms with Crippen LogP contribution in [0.1, 0.15) is 58.3 Å². The average Bonchev–Trinajstić information content (AvgIpc) is 2.96. The van der Waals surface area contributed by atoms with Gasteiger partial charge in [-0.25, -0.2) is 0 Å². The first-order valence-electron chi connectivity index (χ1n) is 7.17. The molecular weight excluding hydrogens is 198 g/mol. The molecular formula is C14H27NO. The Morgan fingerprint density at radius 1 is 1.25 bits per heavy atom. The summed E-state index contributed by atoms with van der Waals surface area (Å²) in [5.41, 5.74) is 0. The fourth-order valence-electron chi connectivity index (χ4n) is 3.00. The molecule has 2 N–H and O–H groups in total. The Hall–Kier alpha value is -0.0800. The zero-order chi connectivity index (χ0) is 11.4. The van der Waals surface area contributed by atoms with E-state index in [1.165, 1.54) is 44.9 Å². The molecule has 0 aromatic rings. The fraction of sp³-hybridized carbons (Fsp3) is 1.00. The van der Waals surface area contributed by atoms with Crippen molar-refractivity contribution in [3.63, 3.8) is 0 Å². The lowest BCUT2D eigenvalue weighted by molar-refractivity contribution is 0.126. The minimum atomic E-state index is 0.00360. The molecule has 2 nitrogen and oxygen atoms in total. The van der Waals surface area contributed by atoms with Gasteiger partial charge in [0.05, 0.1) is 6.10 Å². The first-order valence-corrected chi connectivity index (χ1v) is 7.17. The second-order valence-corrected chi connectivity index (χ2v) is 5.93. The molecule has 3 unspecified atom stereocenters. The highest BCUT2D eigenvalue weighted by molar-refractivity contribution is 4.79. The van der Waals surface area contributed by atoms with E-state index in [-0.39, 0.29) is 6.10 Å². The molecule has 2 rings (SSSR count). The van der Waals surface area contributed by atoms with Crippen LogP contribution in [0, 0.1) is 11.8 Å². The topological polar surface area (TPSA) is 32.3 Å². The van der Waals surface area contributed by atoms with Crippen LogP contribution < -0.4 is 5.32 Å². The average molecular weight is 225 g/mol. The largest absolute Gasteiger partial charge is 0.393 e. The summed E-state index contributed by atoms with van der Waals surface area (Å²) in [6.45, 7) is 3.44. The van der Waals surface area contributed by atoms with Gasteiger partial charge in [0.2, 0.25) is 0 Å². The van der Waals surface area contributed by atoms with Crippen molar-refractivity contribution in [3.8, 4) is 0 Å². The first-order chi connectivity index (χ1) is 7.75. The Bertz CT molecular complexity index is 203. The Morgan fingerprint density at radius 3 is 2.69 bits per heavy atom. The summed E-state index contributed by atoms with van der Waals surface area (Å²) < 4.78 is 0. The van der Waals surface area contributed by atoms with Gasteiger partial charge in [-0.15, -0.1) is 0 Å². The summed E-state index contributed by atoms with van der Waals surface area (Å²) in [4.78, 5) is 0. The molecule has 0 saturated heterocycles. The molecule has 16 heavy (non-hydrogen) atoms.